The Bertz CT molecular complexity index is 880. The van der Waals surface area contributed by atoms with E-state index in [9.17, 15) is 0 Å². The molecule has 2 aliphatic rings. The second kappa shape index (κ2) is 4.19. The van der Waals surface area contributed by atoms with Crippen LogP contribution in [0.15, 0.2) is 47.1 Å². The summed E-state index contributed by atoms with van der Waals surface area (Å²) in [5, 5.41) is 1.07. The largest absolute Gasteiger partial charge is 0.497 e. The maximum absolute atomic E-state index is 6.21. The van der Waals surface area contributed by atoms with E-state index in [2.05, 4.69) is 12.1 Å². The maximum atomic E-state index is 6.21. The number of benzene rings is 2. The van der Waals surface area contributed by atoms with Crippen molar-refractivity contribution in [2.45, 2.75) is 12.0 Å². The molecule has 2 unspecified atom stereocenters. The van der Waals surface area contributed by atoms with E-state index in [0.717, 1.165) is 33.8 Å². The first-order valence-corrected chi connectivity index (χ1v) is 7.32. The first-order valence-electron chi connectivity index (χ1n) is 7.32. The first-order chi connectivity index (χ1) is 10.8. The first kappa shape index (κ1) is 12.0. The summed E-state index contributed by atoms with van der Waals surface area (Å²) in [5.41, 5.74) is 3.11. The molecule has 4 heteroatoms. The van der Waals surface area contributed by atoms with Gasteiger partial charge in [0.05, 0.1) is 25.9 Å². The molecule has 5 rings (SSSR count). The van der Waals surface area contributed by atoms with Gasteiger partial charge in [-0.05, 0) is 18.2 Å². The van der Waals surface area contributed by atoms with Crippen molar-refractivity contribution in [1.29, 1.82) is 0 Å². The molecule has 2 aliphatic heterocycles. The Balaban J connectivity index is 1.64. The summed E-state index contributed by atoms with van der Waals surface area (Å²) in [7, 11) is 1.66. The zero-order chi connectivity index (χ0) is 14.7. The molecule has 0 radical (unpaired) electrons. The van der Waals surface area contributed by atoms with Crippen molar-refractivity contribution in [2.75, 3.05) is 13.7 Å². The Morgan fingerprint density at radius 1 is 1.05 bits per heavy atom. The molecule has 0 spiro atoms. The van der Waals surface area contributed by atoms with Gasteiger partial charge in [-0.1, -0.05) is 6.07 Å². The molecule has 0 saturated heterocycles. The number of ether oxygens (including phenoxy) is 3. The lowest BCUT2D eigenvalue weighted by Crippen LogP contribution is -2.23. The van der Waals surface area contributed by atoms with Crippen LogP contribution in [0, 0.1) is 0 Å². The molecular weight excluding hydrogens is 280 g/mol. The van der Waals surface area contributed by atoms with Crippen LogP contribution >= 0.6 is 0 Å². The van der Waals surface area contributed by atoms with Gasteiger partial charge in [-0.15, -0.1) is 0 Å². The molecule has 3 heterocycles. The zero-order valence-electron chi connectivity index (χ0n) is 12.0. The van der Waals surface area contributed by atoms with Gasteiger partial charge >= 0.3 is 0 Å². The second-order valence-corrected chi connectivity index (χ2v) is 5.71. The lowest BCUT2D eigenvalue weighted by molar-refractivity contribution is 0.140. The normalized spacial score (nSPS) is 21.5. The van der Waals surface area contributed by atoms with Crippen LogP contribution in [-0.2, 0) is 0 Å². The molecule has 3 aromatic rings. The average molecular weight is 294 g/mol. The van der Waals surface area contributed by atoms with Crippen molar-refractivity contribution in [2.24, 2.45) is 0 Å². The van der Waals surface area contributed by atoms with Gasteiger partial charge in [-0.25, -0.2) is 0 Å². The van der Waals surface area contributed by atoms with Gasteiger partial charge in [-0.2, -0.15) is 0 Å². The summed E-state index contributed by atoms with van der Waals surface area (Å²) in [6.45, 7) is 0.614. The van der Waals surface area contributed by atoms with Crippen molar-refractivity contribution in [3.63, 3.8) is 0 Å². The summed E-state index contributed by atoms with van der Waals surface area (Å²) in [4.78, 5) is 0. The van der Waals surface area contributed by atoms with Gasteiger partial charge < -0.3 is 18.6 Å². The smallest absolute Gasteiger partial charge is 0.138 e. The van der Waals surface area contributed by atoms with E-state index >= 15 is 0 Å². The van der Waals surface area contributed by atoms with Gasteiger partial charge in [0.2, 0.25) is 0 Å². The monoisotopic (exact) mass is 294 g/mol. The Hall–Kier alpha value is -2.62. The topological polar surface area (TPSA) is 40.8 Å². The Kier molecular flexibility index (Phi) is 2.28. The van der Waals surface area contributed by atoms with E-state index in [4.69, 9.17) is 18.6 Å². The van der Waals surface area contributed by atoms with Gasteiger partial charge in [-0.3, -0.25) is 0 Å². The minimum Gasteiger partial charge on any atom is -0.497 e. The summed E-state index contributed by atoms with van der Waals surface area (Å²) in [5.74, 6) is 2.77. The van der Waals surface area contributed by atoms with E-state index in [1.54, 1.807) is 13.4 Å². The highest BCUT2D eigenvalue weighted by Crippen LogP contribution is 2.52. The highest BCUT2D eigenvalue weighted by atomic mass is 16.5. The quantitative estimate of drug-likeness (QED) is 0.679. The number of rotatable bonds is 1. The molecule has 0 fully saturated rings. The highest BCUT2D eigenvalue weighted by molar-refractivity contribution is 5.80. The third-order valence-corrected chi connectivity index (χ3v) is 4.55. The van der Waals surface area contributed by atoms with E-state index in [-0.39, 0.29) is 12.0 Å². The van der Waals surface area contributed by atoms with Crippen LogP contribution in [0.1, 0.15) is 23.1 Å². The molecule has 0 N–H and O–H groups in total. The van der Waals surface area contributed by atoms with Gasteiger partial charge in [0.1, 0.15) is 28.9 Å². The van der Waals surface area contributed by atoms with Crippen LogP contribution < -0.4 is 14.2 Å². The fraction of sp³-hybridized carbons (Fsp3) is 0.222. The van der Waals surface area contributed by atoms with E-state index < -0.39 is 0 Å². The van der Waals surface area contributed by atoms with Gasteiger partial charge in [0.25, 0.3) is 0 Å². The molecule has 22 heavy (non-hydrogen) atoms. The van der Waals surface area contributed by atoms with Crippen LogP contribution in [0.3, 0.4) is 0 Å². The molecular formula is C18H14O4. The highest BCUT2D eigenvalue weighted by Gasteiger charge is 2.41. The second-order valence-electron chi connectivity index (χ2n) is 5.71. The molecule has 0 amide bonds. The molecule has 110 valence electrons. The molecule has 0 aliphatic carbocycles. The Labute approximate surface area is 127 Å². The Morgan fingerprint density at radius 2 is 2.00 bits per heavy atom. The van der Waals surface area contributed by atoms with Crippen LogP contribution in [0.2, 0.25) is 0 Å². The predicted molar refractivity (Wildman–Crippen MR) is 80.8 cm³/mol. The average Bonchev–Trinajstić information content (AvgIpc) is 3.15. The van der Waals surface area contributed by atoms with Gasteiger partial charge in [0, 0.05) is 28.6 Å². The van der Waals surface area contributed by atoms with E-state index in [1.807, 2.05) is 24.3 Å². The molecule has 0 bridgehead atoms. The standard InChI is InChI=1S/C18H14O4/c1-19-11-2-3-12-14-9-21-16-8-15-10(4-5-20-15)6-13(16)18(14)22-17(12)7-11/h2-8,14,18H,9H2,1H3. The SMILES string of the molecule is COc1ccc2c(c1)OC1c3cc4ccoc4cc3OCC21. The molecule has 2 atom stereocenters. The van der Waals surface area contributed by atoms with E-state index in [0.29, 0.717) is 6.61 Å². The molecule has 1 aromatic heterocycles. The van der Waals surface area contributed by atoms with Crippen molar-refractivity contribution in [1.82, 2.24) is 0 Å². The number of methoxy groups -OCH3 is 1. The minimum absolute atomic E-state index is 0.00911. The number of furan rings is 1. The molecule has 4 nitrogen and oxygen atoms in total. The maximum Gasteiger partial charge on any atom is 0.138 e. The van der Waals surface area contributed by atoms with Gasteiger partial charge in [0.15, 0.2) is 0 Å². The van der Waals surface area contributed by atoms with Crippen molar-refractivity contribution in [3.05, 3.63) is 53.8 Å². The fourth-order valence-electron chi connectivity index (χ4n) is 3.42. The van der Waals surface area contributed by atoms with Crippen molar-refractivity contribution in [3.8, 4) is 17.2 Å². The summed E-state index contributed by atoms with van der Waals surface area (Å²) < 4.78 is 22.9. The summed E-state index contributed by atoms with van der Waals surface area (Å²) in [6.07, 6.45) is 1.69. The third-order valence-electron chi connectivity index (χ3n) is 4.55. The number of hydrogen-bond acceptors (Lipinski definition) is 4. The van der Waals surface area contributed by atoms with Crippen LogP contribution in [0.5, 0.6) is 17.2 Å². The lowest BCUT2D eigenvalue weighted by atomic mass is 9.89. The Morgan fingerprint density at radius 3 is 2.91 bits per heavy atom. The van der Waals surface area contributed by atoms with Crippen molar-refractivity contribution >= 4 is 11.0 Å². The fourth-order valence-corrected chi connectivity index (χ4v) is 3.42. The number of hydrogen-bond donors (Lipinski definition) is 0. The third kappa shape index (κ3) is 1.52. The van der Waals surface area contributed by atoms with E-state index in [1.165, 1.54) is 5.56 Å². The summed E-state index contributed by atoms with van der Waals surface area (Å²) >= 11 is 0. The van der Waals surface area contributed by atoms with Crippen LogP contribution in [-0.4, -0.2) is 13.7 Å². The predicted octanol–water partition coefficient (Wildman–Crippen LogP) is 4.05. The molecule has 0 saturated carbocycles. The molecule has 2 aromatic carbocycles. The summed E-state index contributed by atoms with van der Waals surface area (Å²) in [6, 6.07) is 12.0. The number of fused-ring (bicyclic) bond motifs is 6. The lowest BCUT2D eigenvalue weighted by Gasteiger charge is -2.27. The zero-order valence-corrected chi connectivity index (χ0v) is 12.0. The minimum atomic E-state index is -0.00911. The van der Waals surface area contributed by atoms with Crippen LogP contribution in [0.25, 0.3) is 11.0 Å². The van der Waals surface area contributed by atoms with Crippen molar-refractivity contribution < 1.29 is 18.6 Å². The van der Waals surface area contributed by atoms with Crippen LogP contribution in [0.4, 0.5) is 0 Å².